The molecule has 0 aliphatic rings. The number of ether oxygens (including phenoxy) is 1. The van der Waals surface area contributed by atoms with E-state index >= 15 is 0 Å². The van der Waals surface area contributed by atoms with Gasteiger partial charge >= 0.3 is 0 Å². The molecule has 0 unspecified atom stereocenters. The third-order valence-corrected chi connectivity index (χ3v) is 21.9. The van der Waals surface area contributed by atoms with Crippen molar-refractivity contribution in [1.29, 1.82) is 0 Å². The van der Waals surface area contributed by atoms with Crippen molar-refractivity contribution in [3.05, 3.63) is 18.3 Å². The van der Waals surface area contributed by atoms with Gasteiger partial charge in [-0.3, -0.25) is 0 Å². The fraction of sp³-hybridized carbons (Fsp3) is 0.500. The molecule has 136 valence electrons. The first kappa shape index (κ1) is 29.0. The summed E-state index contributed by atoms with van der Waals surface area (Å²) in [6, 6.07) is 0. The molecule has 0 aromatic rings. The lowest BCUT2D eigenvalue weighted by Gasteiger charge is -2.31. The van der Waals surface area contributed by atoms with Crippen LogP contribution in [0.3, 0.4) is 0 Å². The Morgan fingerprint density at radius 1 is 0.478 bits per heavy atom. The summed E-state index contributed by atoms with van der Waals surface area (Å²) in [5.74, 6) is 0. The Morgan fingerprint density at radius 2 is 0.696 bits per heavy atom. The first-order valence-corrected chi connectivity index (χ1v) is 15.7. The van der Waals surface area contributed by atoms with Gasteiger partial charge in [0, 0.05) is 0 Å². The molecule has 0 aromatic heterocycles. The Balaban J connectivity index is 5.74. The largest absolute Gasteiger partial charge is 0.441 e. The molecule has 0 aliphatic carbocycles. The van der Waals surface area contributed by atoms with Crippen LogP contribution in [0.15, 0.2) is 18.3 Å². The van der Waals surface area contributed by atoms with E-state index in [1.807, 2.05) is 0 Å². The summed E-state index contributed by atoms with van der Waals surface area (Å²) in [6.45, 7) is 0. The zero-order valence-corrected chi connectivity index (χ0v) is 31.9. The summed E-state index contributed by atoms with van der Waals surface area (Å²) in [4.78, 5) is 0. The van der Waals surface area contributed by atoms with Gasteiger partial charge in [0.05, 0.1) is 8.96 Å². The van der Waals surface area contributed by atoms with Crippen LogP contribution < -0.4 is 0 Å². The van der Waals surface area contributed by atoms with Crippen molar-refractivity contribution in [3.8, 4) is 0 Å². The second kappa shape index (κ2) is 11.0. The third-order valence-electron chi connectivity index (χ3n) is 1.79. The molecule has 15 heteroatoms. The molecular weight excluding hydrogens is 1230 g/mol. The van der Waals surface area contributed by atoms with E-state index in [0.29, 0.717) is 18.3 Å². The third kappa shape index (κ3) is 8.22. The number of rotatable bonds is 4. The molecule has 0 atom stereocenters. The first-order chi connectivity index (χ1) is 9.87. The highest BCUT2D eigenvalue weighted by molar-refractivity contribution is 9.42. The lowest BCUT2D eigenvalue weighted by molar-refractivity contribution is 0.375. The van der Waals surface area contributed by atoms with E-state index in [0.717, 1.165) is 0 Å². The molecule has 0 heterocycles. The minimum absolute atomic E-state index is 0.415. The Bertz CT molecular complexity index is 460. The molecule has 1 nitrogen and oxygen atoms in total. The van der Waals surface area contributed by atoms with E-state index in [1.54, 1.807) is 0 Å². The van der Waals surface area contributed by atoms with Crippen LogP contribution in [0.5, 0.6) is 0 Å². The molecule has 0 fully saturated rings. The average molecular weight is 1230 g/mol. The van der Waals surface area contributed by atoms with Crippen LogP contribution in [0.4, 0.5) is 0 Å². The van der Waals surface area contributed by atoms with Gasteiger partial charge in [-0.2, -0.15) is 0 Å². The number of halogens is 14. The van der Waals surface area contributed by atoms with E-state index < -0.39 is 10.8 Å². The van der Waals surface area contributed by atoms with Crippen molar-refractivity contribution in [2.75, 3.05) is 0 Å². The highest BCUT2D eigenvalue weighted by Gasteiger charge is 2.48. The Labute approximate surface area is 251 Å². The van der Waals surface area contributed by atoms with Crippen LogP contribution in [0.2, 0.25) is 0 Å². The summed E-state index contributed by atoms with van der Waals surface area (Å²) in [6.07, 6.45) is 0. The minimum Gasteiger partial charge on any atom is -0.441 e. The monoisotopic (exact) mass is 1220 g/mol. The van der Waals surface area contributed by atoms with E-state index in [9.17, 15) is 0 Å². The molecule has 0 saturated heterocycles. The number of allylic oxidation sites excluding steroid dienone is 2. The van der Waals surface area contributed by atoms with Crippen LogP contribution in [-0.4, -0.2) is 10.8 Å². The van der Waals surface area contributed by atoms with Gasteiger partial charge in [0.2, 0.25) is 0 Å². The summed E-state index contributed by atoms with van der Waals surface area (Å²) in [7, 11) is 0. The molecule has 0 N–H and O–H groups in total. The quantitative estimate of drug-likeness (QED) is 0.201. The smallest absolute Gasteiger partial charge is 0.183 e. The van der Waals surface area contributed by atoms with Gasteiger partial charge < -0.3 is 4.74 Å². The number of hydrogen-bond acceptors (Lipinski definition) is 1. The van der Waals surface area contributed by atoms with E-state index in [2.05, 4.69) is 223 Å². The maximum Gasteiger partial charge on any atom is 0.183 e. The second-order valence-electron chi connectivity index (χ2n) is 3.42. The van der Waals surface area contributed by atoms with Gasteiger partial charge in [0.25, 0.3) is 0 Å². The highest BCUT2D eigenvalue weighted by atomic mass is 80.0. The minimum atomic E-state index is -0.754. The van der Waals surface area contributed by atoms with Gasteiger partial charge in [0.1, 0.15) is 0 Å². The fourth-order valence-corrected chi connectivity index (χ4v) is 7.13. The van der Waals surface area contributed by atoms with Crippen LogP contribution in [-0.2, 0) is 4.74 Å². The van der Waals surface area contributed by atoms with Crippen molar-refractivity contribution < 1.29 is 4.74 Å². The topological polar surface area (TPSA) is 9.23 Å². The Kier molecular flexibility index (Phi) is 13.9. The van der Waals surface area contributed by atoms with Crippen LogP contribution in [0.25, 0.3) is 0 Å². The normalized spacial score (nSPS) is 16.8. The van der Waals surface area contributed by atoms with Gasteiger partial charge in [-0.1, -0.05) is 159 Å². The van der Waals surface area contributed by atoms with Gasteiger partial charge in [0.15, 0.2) is 20.1 Å². The zero-order valence-electron chi connectivity index (χ0n) is 9.70. The van der Waals surface area contributed by atoms with Crippen molar-refractivity contribution >= 4 is 223 Å². The van der Waals surface area contributed by atoms with Gasteiger partial charge in [-0.25, -0.2) is 0 Å². The van der Waals surface area contributed by atoms with Crippen molar-refractivity contribution in [3.63, 3.8) is 0 Å². The maximum atomic E-state index is 5.79. The molecule has 0 saturated carbocycles. The lowest BCUT2D eigenvalue weighted by Crippen LogP contribution is -2.30. The van der Waals surface area contributed by atoms with Crippen LogP contribution in [0, 0.1) is 0 Å². The van der Waals surface area contributed by atoms with Gasteiger partial charge in [-0.15, -0.1) is 0 Å². The van der Waals surface area contributed by atoms with Gasteiger partial charge in [-0.05, 0) is 63.7 Å². The molecule has 0 spiro atoms. The maximum absolute atomic E-state index is 5.79. The number of hydrogen-bond donors (Lipinski definition) is 0. The predicted molar refractivity (Wildman–Crippen MR) is 151 cm³/mol. The Hall–Kier alpha value is 6.00. The zero-order chi connectivity index (χ0) is 19.0. The SMILES string of the molecule is BrC(OC(Br)=C(Br)C(Br)(Br)C(Br)(Br)Br)=C(Br)C(Br)(Br)C(Br)(Br)Br. The molecule has 0 rings (SSSR count). The summed E-state index contributed by atoms with van der Waals surface area (Å²) < 4.78 is 5.01. The van der Waals surface area contributed by atoms with Crippen molar-refractivity contribution in [1.82, 2.24) is 0 Å². The molecule has 0 bridgehead atoms. The van der Waals surface area contributed by atoms with E-state index in [1.165, 1.54) is 0 Å². The van der Waals surface area contributed by atoms with Crippen molar-refractivity contribution in [2.24, 2.45) is 0 Å². The molecule has 0 aliphatic heterocycles. The molecule has 0 amide bonds. The summed E-state index contributed by atoms with van der Waals surface area (Å²) >= 11 is 48.7. The predicted octanol–water partition coefficient (Wildman–Crippen LogP) is 11.6. The van der Waals surface area contributed by atoms with E-state index in [4.69, 9.17) is 4.74 Å². The second-order valence-corrected chi connectivity index (χ2v) is 26.9. The first-order valence-electron chi connectivity index (χ1n) is 4.55. The molecule has 0 aromatic carbocycles. The standard InChI is InChI=1S/C8Br14O/c9-1(5(13,14)7(17,18)19)3(11)23-4(12)2(10)6(15,16)8(20,21)22. The lowest BCUT2D eigenvalue weighted by atomic mass is 10.4. The fourth-order valence-electron chi connectivity index (χ4n) is 0.664. The van der Waals surface area contributed by atoms with Crippen molar-refractivity contribution in [2.45, 2.75) is 10.8 Å². The highest BCUT2D eigenvalue weighted by Crippen LogP contribution is 2.60. The molecular formula is C8Br14O. The average Bonchev–Trinajstić information content (AvgIpc) is 2.33. The summed E-state index contributed by atoms with van der Waals surface area (Å²) in [5.41, 5.74) is 0. The summed E-state index contributed by atoms with van der Waals surface area (Å²) in [5, 5.41) is 0. The molecule has 23 heavy (non-hydrogen) atoms. The van der Waals surface area contributed by atoms with E-state index in [-0.39, 0.29) is 0 Å². The van der Waals surface area contributed by atoms with Crippen LogP contribution in [0.1, 0.15) is 0 Å². The molecule has 0 radical (unpaired) electrons. The van der Waals surface area contributed by atoms with Crippen LogP contribution >= 0.6 is 223 Å². The number of alkyl halides is 10. The Morgan fingerprint density at radius 3 is 0.870 bits per heavy atom.